The summed E-state index contributed by atoms with van der Waals surface area (Å²) in [4.78, 5) is 7.92. The van der Waals surface area contributed by atoms with Crippen molar-refractivity contribution >= 4 is 22.3 Å². The van der Waals surface area contributed by atoms with Gasteiger partial charge in [-0.05, 0) is 30.9 Å². The van der Waals surface area contributed by atoms with E-state index in [0.29, 0.717) is 5.92 Å². The lowest BCUT2D eigenvalue weighted by Gasteiger charge is -2.15. The normalized spacial score (nSPS) is 11.9. The lowest BCUT2D eigenvalue weighted by molar-refractivity contribution is 0.490. The summed E-state index contributed by atoms with van der Waals surface area (Å²) in [6, 6.07) is 4.15. The first-order chi connectivity index (χ1) is 11.1. The van der Waals surface area contributed by atoms with Crippen LogP contribution in [0, 0.1) is 5.92 Å². The topological polar surface area (TPSA) is 40.7 Å². The molecule has 23 heavy (non-hydrogen) atoms. The third-order valence-electron chi connectivity index (χ3n) is 4.29. The number of hydrogen-bond acceptors (Lipinski definition) is 2. The van der Waals surface area contributed by atoms with E-state index in [9.17, 15) is 0 Å². The van der Waals surface area contributed by atoms with Crippen molar-refractivity contribution in [3.05, 3.63) is 55.0 Å². The van der Waals surface area contributed by atoms with E-state index >= 15 is 0 Å². The molecule has 0 saturated heterocycles. The summed E-state index contributed by atoms with van der Waals surface area (Å²) in [5.41, 5.74) is 4.35. The molecule has 2 aromatic rings. The monoisotopic (exact) mass is 309 g/mol. The van der Waals surface area contributed by atoms with Gasteiger partial charge in [-0.3, -0.25) is 0 Å². The van der Waals surface area contributed by atoms with E-state index < -0.39 is 0 Å². The van der Waals surface area contributed by atoms with Gasteiger partial charge >= 0.3 is 0 Å². The van der Waals surface area contributed by atoms with Gasteiger partial charge in [-0.25, -0.2) is 4.98 Å². The molecule has 0 aliphatic heterocycles. The molecule has 0 fully saturated rings. The molecule has 2 aromatic heterocycles. The van der Waals surface area contributed by atoms with E-state index in [1.54, 1.807) is 6.08 Å². The molecule has 2 heterocycles. The molecule has 3 nitrogen and oxygen atoms in total. The Morgan fingerprint density at radius 3 is 2.74 bits per heavy atom. The fourth-order valence-electron chi connectivity index (χ4n) is 2.73. The number of nitrogens with zero attached hydrogens (tertiary/aromatic N) is 1. The highest BCUT2D eigenvalue weighted by atomic mass is 15.0. The van der Waals surface area contributed by atoms with Crippen molar-refractivity contribution in [1.82, 2.24) is 9.97 Å². The smallest absolute Gasteiger partial charge is 0.132 e. The Hall–Kier alpha value is -2.29. The standard InChI is InChI=1S/C20H27N3/c1-6-9-14(4)18-11-17-13-21-20(12-19(17)23-18)22-15(5)10-16(7-2)8-3/h6,9,11-13,16,23H,1,5,7-8,10H2,2-4H3,(H,21,22)/b14-9+. The Labute approximate surface area is 139 Å². The van der Waals surface area contributed by atoms with Gasteiger partial charge in [0, 0.05) is 29.0 Å². The van der Waals surface area contributed by atoms with Crippen LogP contribution in [-0.2, 0) is 0 Å². The van der Waals surface area contributed by atoms with Crippen molar-refractivity contribution in [2.45, 2.75) is 40.0 Å². The first-order valence-electron chi connectivity index (χ1n) is 8.30. The van der Waals surface area contributed by atoms with Crippen LogP contribution < -0.4 is 5.32 Å². The molecule has 0 aromatic carbocycles. The van der Waals surface area contributed by atoms with Gasteiger partial charge in [0.05, 0.1) is 5.52 Å². The summed E-state index contributed by atoms with van der Waals surface area (Å²) in [6.45, 7) is 14.4. The number of nitrogens with one attached hydrogen (secondary N) is 2. The second-order valence-electron chi connectivity index (χ2n) is 6.04. The van der Waals surface area contributed by atoms with Crippen LogP contribution in [-0.4, -0.2) is 9.97 Å². The second kappa shape index (κ2) is 7.82. The lowest BCUT2D eigenvalue weighted by Crippen LogP contribution is -2.06. The van der Waals surface area contributed by atoms with E-state index in [0.717, 1.165) is 40.1 Å². The SMILES string of the molecule is C=C/C=C(\C)c1cc2cnc(NC(=C)CC(CC)CC)cc2[nH]1. The Balaban J connectivity index is 2.15. The molecular weight excluding hydrogens is 282 g/mol. The third kappa shape index (κ3) is 4.35. The van der Waals surface area contributed by atoms with Crippen molar-refractivity contribution in [3.63, 3.8) is 0 Å². The molecule has 0 spiro atoms. The van der Waals surface area contributed by atoms with Crippen LogP contribution in [0.3, 0.4) is 0 Å². The quantitative estimate of drug-likeness (QED) is 0.596. The summed E-state index contributed by atoms with van der Waals surface area (Å²) < 4.78 is 0. The van der Waals surface area contributed by atoms with Gasteiger partial charge in [-0.1, -0.05) is 52.0 Å². The highest BCUT2D eigenvalue weighted by Gasteiger charge is 2.08. The number of aromatic amines is 1. The number of pyridine rings is 1. The maximum absolute atomic E-state index is 4.49. The molecule has 0 aliphatic rings. The minimum Gasteiger partial charge on any atom is -0.355 e. The van der Waals surface area contributed by atoms with Gasteiger partial charge in [0.1, 0.15) is 5.82 Å². The molecule has 0 aliphatic carbocycles. The zero-order valence-corrected chi connectivity index (χ0v) is 14.4. The van der Waals surface area contributed by atoms with Gasteiger partial charge in [0.15, 0.2) is 0 Å². The average molecular weight is 309 g/mol. The van der Waals surface area contributed by atoms with E-state index in [4.69, 9.17) is 0 Å². The van der Waals surface area contributed by atoms with Crippen molar-refractivity contribution in [3.8, 4) is 0 Å². The van der Waals surface area contributed by atoms with Crippen molar-refractivity contribution in [2.24, 2.45) is 5.92 Å². The van der Waals surface area contributed by atoms with E-state index in [1.807, 2.05) is 18.3 Å². The second-order valence-corrected chi connectivity index (χ2v) is 6.04. The predicted octanol–water partition coefficient (Wildman–Crippen LogP) is 5.90. The zero-order chi connectivity index (χ0) is 16.8. The summed E-state index contributed by atoms with van der Waals surface area (Å²) >= 11 is 0. The fourth-order valence-corrected chi connectivity index (χ4v) is 2.73. The maximum Gasteiger partial charge on any atom is 0.132 e. The highest BCUT2D eigenvalue weighted by molar-refractivity contribution is 5.85. The van der Waals surface area contributed by atoms with Gasteiger partial charge in [-0.2, -0.15) is 0 Å². The first-order valence-corrected chi connectivity index (χ1v) is 8.30. The van der Waals surface area contributed by atoms with E-state index in [1.165, 1.54) is 12.8 Å². The Morgan fingerprint density at radius 2 is 2.09 bits per heavy atom. The van der Waals surface area contributed by atoms with Crippen LogP contribution in [0.4, 0.5) is 5.82 Å². The molecule has 0 unspecified atom stereocenters. The molecule has 122 valence electrons. The summed E-state index contributed by atoms with van der Waals surface area (Å²) in [5.74, 6) is 1.52. The molecule has 0 radical (unpaired) electrons. The van der Waals surface area contributed by atoms with E-state index in [-0.39, 0.29) is 0 Å². The zero-order valence-electron chi connectivity index (χ0n) is 14.4. The largest absolute Gasteiger partial charge is 0.355 e. The van der Waals surface area contributed by atoms with Gasteiger partial charge in [0.25, 0.3) is 0 Å². The van der Waals surface area contributed by atoms with Gasteiger partial charge < -0.3 is 10.3 Å². The third-order valence-corrected chi connectivity index (χ3v) is 4.29. The van der Waals surface area contributed by atoms with Gasteiger partial charge in [0.2, 0.25) is 0 Å². The highest BCUT2D eigenvalue weighted by Crippen LogP contribution is 2.24. The molecule has 2 N–H and O–H groups in total. The summed E-state index contributed by atoms with van der Waals surface area (Å²) in [5, 5.41) is 4.45. The first kappa shape index (κ1) is 17.1. The number of fused-ring (bicyclic) bond motifs is 1. The van der Waals surface area contributed by atoms with Crippen LogP contribution >= 0.6 is 0 Å². The summed E-state index contributed by atoms with van der Waals surface area (Å²) in [6.07, 6.45) is 9.03. The Morgan fingerprint density at radius 1 is 1.35 bits per heavy atom. The van der Waals surface area contributed by atoms with Crippen LogP contribution in [0.25, 0.3) is 16.5 Å². The van der Waals surface area contributed by atoms with Crippen molar-refractivity contribution < 1.29 is 0 Å². The molecule has 3 heteroatoms. The molecule has 0 bridgehead atoms. The molecule has 0 amide bonds. The predicted molar refractivity (Wildman–Crippen MR) is 101 cm³/mol. The van der Waals surface area contributed by atoms with E-state index in [2.05, 4.69) is 55.3 Å². The minimum atomic E-state index is 0.683. The molecular formula is C20H27N3. The van der Waals surface area contributed by atoms with Gasteiger partial charge in [-0.15, -0.1) is 0 Å². The van der Waals surface area contributed by atoms with Crippen LogP contribution in [0.1, 0.15) is 45.7 Å². The number of H-pyrrole nitrogens is 1. The van der Waals surface area contributed by atoms with Crippen LogP contribution in [0.15, 0.2) is 49.3 Å². The Bertz CT molecular complexity index is 718. The van der Waals surface area contributed by atoms with Crippen molar-refractivity contribution in [1.29, 1.82) is 0 Å². The minimum absolute atomic E-state index is 0.683. The molecule has 0 saturated carbocycles. The maximum atomic E-state index is 4.49. The Kier molecular flexibility index (Phi) is 5.80. The van der Waals surface area contributed by atoms with Crippen LogP contribution in [0.2, 0.25) is 0 Å². The number of allylic oxidation sites excluding steroid dienone is 4. The number of anilines is 1. The number of rotatable bonds is 8. The molecule has 0 atom stereocenters. The van der Waals surface area contributed by atoms with Crippen molar-refractivity contribution in [2.75, 3.05) is 5.32 Å². The molecule has 2 rings (SSSR count). The lowest BCUT2D eigenvalue weighted by atomic mass is 9.98. The fraction of sp³-hybridized carbons (Fsp3) is 0.350. The summed E-state index contributed by atoms with van der Waals surface area (Å²) in [7, 11) is 0. The number of hydrogen-bond donors (Lipinski definition) is 2. The average Bonchev–Trinajstić information content (AvgIpc) is 2.96. The number of aromatic nitrogens is 2. The van der Waals surface area contributed by atoms with Crippen LogP contribution in [0.5, 0.6) is 0 Å².